The van der Waals surface area contributed by atoms with Crippen LogP contribution in [0.25, 0.3) is 0 Å². The van der Waals surface area contributed by atoms with Crippen LogP contribution < -0.4 is 5.32 Å². The Morgan fingerprint density at radius 2 is 2.15 bits per heavy atom. The molecule has 1 heterocycles. The Labute approximate surface area is 85.5 Å². The van der Waals surface area contributed by atoms with Crippen molar-refractivity contribution in [2.45, 2.75) is 19.4 Å². The van der Waals surface area contributed by atoms with E-state index in [-0.39, 0.29) is 12.6 Å². The molecule has 4 nitrogen and oxygen atoms in total. The Bertz CT molecular complexity index is 252. The van der Waals surface area contributed by atoms with Gasteiger partial charge in [0.05, 0.1) is 4.47 Å². The molecular weight excluding hydrogens is 234 g/mol. The SMILES string of the molecule is C[C@@H](CCO)Nc1ncc(Br)cn1. The van der Waals surface area contributed by atoms with Gasteiger partial charge in [-0.3, -0.25) is 0 Å². The summed E-state index contributed by atoms with van der Waals surface area (Å²) in [6, 6.07) is 0.186. The maximum atomic E-state index is 8.67. The second kappa shape index (κ2) is 5.14. The topological polar surface area (TPSA) is 58.0 Å². The van der Waals surface area contributed by atoms with Crippen LogP contribution in [0.3, 0.4) is 0 Å². The zero-order chi connectivity index (χ0) is 9.68. The third-order valence-corrected chi connectivity index (χ3v) is 1.97. The highest BCUT2D eigenvalue weighted by Crippen LogP contribution is 2.08. The standard InChI is InChI=1S/C8H12BrN3O/c1-6(2-3-13)12-8-10-4-7(9)5-11-8/h4-6,13H,2-3H2,1H3,(H,10,11,12)/t6-/m0/s1. The lowest BCUT2D eigenvalue weighted by Crippen LogP contribution is -2.18. The minimum atomic E-state index is 0.171. The summed E-state index contributed by atoms with van der Waals surface area (Å²) in [7, 11) is 0. The van der Waals surface area contributed by atoms with E-state index >= 15 is 0 Å². The smallest absolute Gasteiger partial charge is 0.222 e. The molecule has 0 aromatic carbocycles. The van der Waals surface area contributed by atoms with Crippen LogP contribution in [0.1, 0.15) is 13.3 Å². The van der Waals surface area contributed by atoms with E-state index < -0.39 is 0 Å². The van der Waals surface area contributed by atoms with Gasteiger partial charge in [0.15, 0.2) is 0 Å². The quantitative estimate of drug-likeness (QED) is 0.843. The van der Waals surface area contributed by atoms with E-state index in [2.05, 4.69) is 31.2 Å². The molecule has 0 bridgehead atoms. The molecule has 1 aromatic heterocycles. The van der Waals surface area contributed by atoms with E-state index in [4.69, 9.17) is 5.11 Å². The maximum Gasteiger partial charge on any atom is 0.222 e. The maximum absolute atomic E-state index is 8.67. The molecule has 0 radical (unpaired) electrons. The van der Waals surface area contributed by atoms with Crippen LogP contribution in [-0.4, -0.2) is 27.7 Å². The molecule has 0 aliphatic carbocycles. The van der Waals surface area contributed by atoms with Crippen molar-refractivity contribution >= 4 is 21.9 Å². The van der Waals surface area contributed by atoms with Crippen LogP contribution >= 0.6 is 15.9 Å². The number of nitrogens with zero attached hydrogens (tertiary/aromatic N) is 2. The molecule has 0 amide bonds. The first-order valence-corrected chi connectivity index (χ1v) is 4.86. The molecular formula is C8H12BrN3O. The van der Waals surface area contributed by atoms with Gasteiger partial charge < -0.3 is 10.4 Å². The first-order valence-electron chi connectivity index (χ1n) is 4.07. The van der Waals surface area contributed by atoms with Gasteiger partial charge in [-0.2, -0.15) is 0 Å². The minimum absolute atomic E-state index is 0.171. The van der Waals surface area contributed by atoms with Crippen molar-refractivity contribution in [3.63, 3.8) is 0 Å². The number of nitrogens with one attached hydrogen (secondary N) is 1. The monoisotopic (exact) mass is 245 g/mol. The van der Waals surface area contributed by atoms with Crippen LogP contribution in [0.2, 0.25) is 0 Å². The molecule has 0 saturated heterocycles. The molecule has 0 fully saturated rings. The number of anilines is 1. The van der Waals surface area contributed by atoms with Crippen molar-refractivity contribution in [1.82, 2.24) is 9.97 Å². The number of aliphatic hydroxyl groups is 1. The lowest BCUT2D eigenvalue weighted by molar-refractivity contribution is 0.282. The van der Waals surface area contributed by atoms with Crippen molar-refractivity contribution in [3.05, 3.63) is 16.9 Å². The van der Waals surface area contributed by atoms with Gasteiger partial charge in [0, 0.05) is 25.0 Å². The van der Waals surface area contributed by atoms with Gasteiger partial charge in [-0.25, -0.2) is 9.97 Å². The summed E-state index contributed by atoms with van der Waals surface area (Å²) in [5, 5.41) is 11.7. The Balaban J connectivity index is 2.49. The normalized spacial score (nSPS) is 12.5. The first kappa shape index (κ1) is 10.4. The molecule has 0 aliphatic rings. The fourth-order valence-electron chi connectivity index (χ4n) is 0.873. The summed E-state index contributed by atoms with van der Waals surface area (Å²) < 4.78 is 0.855. The minimum Gasteiger partial charge on any atom is -0.396 e. The van der Waals surface area contributed by atoms with Crippen LogP contribution in [0, 0.1) is 0 Å². The van der Waals surface area contributed by atoms with Gasteiger partial charge in [0.2, 0.25) is 5.95 Å². The molecule has 1 atom stereocenters. The van der Waals surface area contributed by atoms with Crippen LogP contribution in [0.5, 0.6) is 0 Å². The number of rotatable bonds is 4. The van der Waals surface area contributed by atoms with Crippen molar-refractivity contribution in [1.29, 1.82) is 0 Å². The van der Waals surface area contributed by atoms with Crippen molar-refractivity contribution < 1.29 is 5.11 Å². The lowest BCUT2D eigenvalue weighted by Gasteiger charge is -2.11. The predicted octanol–water partition coefficient (Wildman–Crippen LogP) is 1.42. The van der Waals surface area contributed by atoms with E-state index in [1.807, 2.05) is 6.92 Å². The third kappa shape index (κ3) is 3.69. The molecule has 1 aromatic rings. The molecule has 0 unspecified atom stereocenters. The second-order valence-electron chi connectivity index (χ2n) is 2.78. The van der Waals surface area contributed by atoms with Gasteiger partial charge >= 0.3 is 0 Å². The number of halogens is 1. The van der Waals surface area contributed by atoms with E-state index in [0.29, 0.717) is 12.4 Å². The zero-order valence-electron chi connectivity index (χ0n) is 7.37. The molecule has 72 valence electrons. The summed E-state index contributed by atoms with van der Waals surface area (Å²) in [5.41, 5.74) is 0. The highest BCUT2D eigenvalue weighted by atomic mass is 79.9. The van der Waals surface area contributed by atoms with Crippen LogP contribution in [-0.2, 0) is 0 Å². The molecule has 0 spiro atoms. The molecule has 1 rings (SSSR count). The van der Waals surface area contributed by atoms with Crippen LogP contribution in [0.15, 0.2) is 16.9 Å². The number of hydrogen-bond donors (Lipinski definition) is 2. The van der Waals surface area contributed by atoms with Gasteiger partial charge in [-0.15, -0.1) is 0 Å². The number of aliphatic hydroxyl groups excluding tert-OH is 1. The summed E-state index contributed by atoms with van der Waals surface area (Å²) in [6.45, 7) is 2.15. The Morgan fingerprint density at radius 1 is 1.54 bits per heavy atom. The molecule has 0 saturated carbocycles. The van der Waals surface area contributed by atoms with Gasteiger partial charge in [-0.1, -0.05) is 0 Å². The average molecular weight is 246 g/mol. The highest BCUT2D eigenvalue weighted by Gasteiger charge is 2.02. The molecule has 13 heavy (non-hydrogen) atoms. The summed E-state index contributed by atoms with van der Waals surface area (Å²) in [5.74, 6) is 0.587. The fraction of sp³-hybridized carbons (Fsp3) is 0.500. The third-order valence-electron chi connectivity index (χ3n) is 1.56. The van der Waals surface area contributed by atoms with Gasteiger partial charge in [-0.05, 0) is 29.3 Å². The Morgan fingerprint density at radius 3 is 2.69 bits per heavy atom. The summed E-state index contributed by atoms with van der Waals surface area (Å²) in [4.78, 5) is 8.10. The van der Waals surface area contributed by atoms with E-state index in [9.17, 15) is 0 Å². The van der Waals surface area contributed by atoms with Crippen molar-refractivity contribution in [2.24, 2.45) is 0 Å². The largest absolute Gasteiger partial charge is 0.396 e. The molecule has 0 aliphatic heterocycles. The zero-order valence-corrected chi connectivity index (χ0v) is 8.95. The molecule has 5 heteroatoms. The van der Waals surface area contributed by atoms with Crippen LogP contribution in [0.4, 0.5) is 5.95 Å². The summed E-state index contributed by atoms with van der Waals surface area (Å²) in [6.07, 6.45) is 4.06. The van der Waals surface area contributed by atoms with Gasteiger partial charge in [0.1, 0.15) is 0 Å². The first-order chi connectivity index (χ1) is 6.22. The fourth-order valence-corrected chi connectivity index (χ4v) is 1.08. The Hall–Kier alpha value is -0.680. The predicted molar refractivity (Wildman–Crippen MR) is 54.5 cm³/mol. The van der Waals surface area contributed by atoms with Gasteiger partial charge in [0.25, 0.3) is 0 Å². The Kier molecular flexibility index (Phi) is 4.11. The van der Waals surface area contributed by atoms with Crippen molar-refractivity contribution in [2.75, 3.05) is 11.9 Å². The lowest BCUT2D eigenvalue weighted by atomic mass is 10.2. The van der Waals surface area contributed by atoms with E-state index in [0.717, 1.165) is 4.47 Å². The van der Waals surface area contributed by atoms with E-state index in [1.54, 1.807) is 12.4 Å². The van der Waals surface area contributed by atoms with E-state index in [1.165, 1.54) is 0 Å². The number of hydrogen-bond acceptors (Lipinski definition) is 4. The second-order valence-corrected chi connectivity index (χ2v) is 3.70. The highest BCUT2D eigenvalue weighted by molar-refractivity contribution is 9.10. The summed E-state index contributed by atoms with van der Waals surface area (Å²) >= 11 is 3.25. The van der Waals surface area contributed by atoms with Crippen molar-refractivity contribution in [3.8, 4) is 0 Å². The molecule has 2 N–H and O–H groups in total. The average Bonchev–Trinajstić information content (AvgIpc) is 2.09. The number of aromatic nitrogens is 2.